The highest BCUT2D eigenvalue weighted by molar-refractivity contribution is 5.96. The number of pyridine rings is 1. The summed E-state index contributed by atoms with van der Waals surface area (Å²) in [6.07, 6.45) is 3.93. The van der Waals surface area contributed by atoms with Crippen LogP contribution in [0.25, 0.3) is 0 Å². The summed E-state index contributed by atoms with van der Waals surface area (Å²) in [6.45, 7) is 3.19. The van der Waals surface area contributed by atoms with Crippen LogP contribution in [0.15, 0.2) is 84.0 Å². The first-order chi connectivity index (χ1) is 15.2. The van der Waals surface area contributed by atoms with Crippen LogP contribution in [0.4, 0.5) is 0 Å². The van der Waals surface area contributed by atoms with Gasteiger partial charge >= 0.3 is 0 Å². The maximum atomic E-state index is 12.3. The van der Waals surface area contributed by atoms with E-state index in [1.165, 1.54) is 0 Å². The van der Waals surface area contributed by atoms with E-state index >= 15 is 0 Å². The lowest BCUT2D eigenvalue weighted by Crippen LogP contribution is -2.30. The summed E-state index contributed by atoms with van der Waals surface area (Å²) in [5.74, 6) is -0.0158. The lowest BCUT2D eigenvalue weighted by Gasteiger charge is -2.08. The van der Waals surface area contributed by atoms with Gasteiger partial charge in [0, 0.05) is 18.3 Å². The Hall–Kier alpha value is -3.67. The van der Waals surface area contributed by atoms with E-state index in [1.807, 2.05) is 53.2 Å². The van der Waals surface area contributed by atoms with Crippen molar-refractivity contribution in [2.24, 2.45) is 4.99 Å². The Kier molecular flexibility index (Phi) is 8.17. The molecule has 0 bridgehead atoms. The molecular formula is C25H27N3O3. The zero-order valence-corrected chi connectivity index (χ0v) is 17.7. The van der Waals surface area contributed by atoms with E-state index in [0.717, 1.165) is 24.2 Å². The minimum atomic E-state index is -0.416. The molecule has 0 aliphatic heterocycles. The molecule has 3 aromatic rings. The van der Waals surface area contributed by atoms with Crippen molar-refractivity contribution in [2.75, 3.05) is 13.2 Å². The average molecular weight is 418 g/mol. The molecule has 0 saturated carbocycles. The summed E-state index contributed by atoms with van der Waals surface area (Å²) < 4.78 is 7.49. The van der Waals surface area contributed by atoms with E-state index < -0.39 is 5.91 Å². The maximum Gasteiger partial charge on any atom is 0.267 e. The number of carbonyl (C=O) groups is 2. The number of amides is 2. The molecule has 1 heterocycles. The minimum Gasteiger partial charge on any atom is -0.494 e. The molecule has 2 amide bonds. The Morgan fingerprint density at radius 1 is 0.968 bits per heavy atom. The van der Waals surface area contributed by atoms with E-state index in [1.54, 1.807) is 30.3 Å². The molecule has 6 nitrogen and oxygen atoms in total. The number of hydrogen-bond acceptors (Lipinski definition) is 3. The van der Waals surface area contributed by atoms with Crippen LogP contribution in [0.2, 0.25) is 0 Å². The Labute approximate surface area is 182 Å². The Morgan fingerprint density at radius 2 is 1.71 bits per heavy atom. The summed E-state index contributed by atoms with van der Waals surface area (Å²) in [6, 6.07) is 22.3. The molecule has 0 aliphatic carbocycles. The highest BCUT2D eigenvalue weighted by Gasteiger charge is 2.08. The lowest BCUT2D eigenvalue weighted by molar-refractivity contribution is -0.117. The standard InChI is InChI=1S/C25H27N3O3/c1-2-3-17-31-22-14-12-21(13-15-22)25(30)26-18-24(29)27-23-11-7-8-16-28(23)19-20-9-5-4-6-10-20/h4-16H,2-3,17-19H2,1H3,(H,26,30). The van der Waals surface area contributed by atoms with Gasteiger partial charge in [-0.15, -0.1) is 0 Å². The van der Waals surface area contributed by atoms with Crippen molar-refractivity contribution in [1.82, 2.24) is 9.88 Å². The van der Waals surface area contributed by atoms with Gasteiger partial charge in [0.2, 0.25) is 0 Å². The third-order valence-electron chi connectivity index (χ3n) is 4.63. The highest BCUT2D eigenvalue weighted by atomic mass is 16.5. The number of hydrogen-bond donors (Lipinski definition) is 1. The largest absolute Gasteiger partial charge is 0.494 e. The number of benzene rings is 2. The molecule has 1 N–H and O–H groups in total. The summed E-state index contributed by atoms with van der Waals surface area (Å²) >= 11 is 0. The van der Waals surface area contributed by atoms with Crippen LogP contribution in [-0.4, -0.2) is 29.5 Å². The number of rotatable bonds is 9. The lowest BCUT2D eigenvalue weighted by atomic mass is 10.2. The van der Waals surface area contributed by atoms with Crippen LogP contribution in [0.3, 0.4) is 0 Å². The molecule has 0 radical (unpaired) electrons. The van der Waals surface area contributed by atoms with Gasteiger partial charge in [-0.1, -0.05) is 49.7 Å². The van der Waals surface area contributed by atoms with E-state index in [4.69, 9.17) is 4.74 Å². The van der Waals surface area contributed by atoms with Crippen molar-refractivity contribution in [3.05, 3.63) is 95.6 Å². The number of ether oxygens (including phenoxy) is 1. The first kappa shape index (κ1) is 22.0. The van der Waals surface area contributed by atoms with Crippen molar-refractivity contribution >= 4 is 11.8 Å². The fraction of sp³-hybridized carbons (Fsp3) is 0.240. The molecule has 6 heteroatoms. The number of nitrogens with zero attached hydrogens (tertiary/aromatic N) is 2. The molecule has 0 spiro atoms. The predicted octanol–water partition coefficient (Wildman–Crippen LogP) is 3.57. The third kappa shape index (κ3) is 6.96. The molecule has 1 aromatic heterocycles. The minimum absolute atomic E-state index is 0.173. The highest BCUT2D eigenvalue weighted by Crippen LogP contribution is 2.12. The Balaban J connectivity index is 1.58. The summed E-state index contributed by atoms with van der Waals surface area (Å²) in [4.78, 5) is 28.8. The van der Waals surface area contributed by atoms with E-state index in [2.05, 4.69) is 17.2 Å². The normalized spacial score (nSPS) is 11.2. The number of carbonyl (C=O) groups excluding carboxylic acids is 2. The van der Waals surface area contributed by atoms with Gasteiger partial charge in [0.15, 0.2) is 0 Å². The van der Waals surface area contributed by atoms with Crippen LogP contribution < -0.4 is 15.5 Å². The van der Waals surface area contributed by atoms with Gasteiger partial charge in [0.1, 0.15) is 11.2 Å². The van der Waals surface area contributed by atoms with Crippen LogP contribution in [0, 0.1) is 0 Å². The molecule has 0 fully saturated rings. The van der Waals surface area contributed by atoms with Crippen LogP contribution in [0.5, 0.6) is 5.75 Å². The fourth-order valence-electron chi connectivity index (χ4n) is 2.94. The second kappa shape index (κ2) is 11.5. The second-order valence-corrected chi connectivity index (χ2v) is 7.09. The van der Waals surface area contributed by atoms with Gasteiger partial charge in [-0.3, -0.25) is 9.59 Å². The molecule has 160 valence electrons. The summed E-state index contributed by atoms with van der Waals surface area (Å²) in [5.41, 5.74) is 2.12. The van der Waals surface area contributed by atoms with E-state index in [9.17, 15) is 9.59 Å². The van der Waals surface area contributed by atoms with Crippen molar-refractivity contribution in [1.29, 1.82) is 0 Å². The smallest absolute Gasteiger partial charge is 0.267 e. The summed E-state index contributed by atoms with van der Waals surface area (Å²) in [5, 5.41) is 2.63. The van der Waals surface area contributed by atoms with Gasteiger partial charge in [-0.05, 0) is 48.4 Å². The van der Waals surface area contributed by atoms with Gasteiger partial charge < -0.3 is 14.6 Å². The van der Waals surface area contributed by atoms with Gasteiger partial charge in [-0.25, -0.2) is 0 Å². The quantitative estimate of drug-likeness (QED) is 0.541. The Bertz CT molecular complexity index is 1060. The van der Waals surface area contributed by atoms with Crippen molar-refractivity contribution in [3.63, 3.8) is 0 Å². The zero-order valence-electron chi connectivity index (χ0n) is 17.7. The maximum absolute atomic E-state index is 12.3. The second-order valence-electron chi connectivity index (χ2n) is 7.09. The van der Waals surface area contributed by atoms with E-state index in [-0.39, 0.29) is 12.5 Å². The van der Waals surface area contributed by atoms with Gasteiger partial charge in [0.25, 0.3) is 11.8 Å². The molecule has 31 heavy (non-hydrogen) atoms. The first-order valence-electron chi connectivity index (χ1n) is 10.4. The monoisotopic (exact) mass is 417 g/mol. The summed E-state index contributed by atoms with van der Waals surface area (Å²) in [7, 11) is 0. The number of aromatic nitrogens is 1. The van der Waals surface area contributed by atoms with Crippen molar-refractivity contribution < 1.29 is 14.3 Å². The predicted molar refractivity (Wildman–Crippen MR) is 120 cm³/mol. The first-order valence-corrected chi connectivity index (χ1v) is 10.4. The van der Waals surface area contributed by atoms with Gasteiger partial charge in [0.05, 0.1) is 13.2 Å². The Morgan fingerprint density at radius 3 is 2.45 bits per heavy atom. The molecule has 2 aromatic carbocycles. The topological polar surface area (TPSA) is 72.7 Å². The average Bonchev–Trinajstić information content (AvgIpc) is 2.80. The fourth-order valence-corrected chi connectivity index (χ4v) is 2.94. The van der Waals surface area contributed by atoms with E-state index in [0.29, 0.717) is 24.2 Å². The third-order valence-corrected chi connectivity index (χ3v) is 4.63. The molecule has 3 rings (SSSR count). The molecule has 0 unspecified atom stereocenters. The van der Waals surface area contributed by atoms with Gasteiger partial charge in [-0.2, -0.15) is 4.99 Å². The number of unbranched alkanes of at least 4 members (excludes halogenated alkanes) is 1. The molecule has 0 aliphatic rings. The van der Waals surface area contributed by atoms with Crippen LogP contribution in [-0.2, 0) is 11.3 Å². The zero-order chi connectivity index (χ0) is 21.9. The molecular weight excluding hydrogens is 390 g/mol. The van der Waals surface area contributed by atoms with Crippen molar-refractivity contribution in [3.8, 4) is 5.75 Å². The number of nitrogens with one attached hydrogen (secondary N) is 1. The van der Waals surface area contributed by atoms with Crippen molar-refractivity contribution in [2.45, 2.75) is 26.3 Å². The molecule has 0 saturated heterocycles. The van der Waals surface area contributed by atoms with Crippen LogP contribution >= 0.6 is 0 Å². The molecule has 0 atom stereocenters. The SMILES string of the molecule is CCCCOc1ccc(C(=O)NCC(=O)N=c2ccccn2Cc2ccccc2)cc1. The van der Waals surface area contributed by atoms with Crippen LogP contribution in [0.1, 0.15) is 35.7 Å².